The summed E-state index contributed by atoms with van der Waals surface area (Å²) in [5, 5.41) is 0.785. The van der Waals surface area contributed by atoms with E-state index >= 15 is 0 Å². The highest BCUT2D eigenvalue weighted by Gasteiger charge is 2.31. The van der Waals surface area contributed by atoms with Gasteiger partial charge in [0.1, 0.15) is 11.4 Å². The molecule has 0 bridgehead atoms. The first-order valence-electron chi connectivity index (χ1n) is 10.9. The van der Waals surface area contributed by atoms with E-state index in [1.807, 2.05) is 19.1 Å². The first kappa shape index (κ1) is 20.8. The van der Waals surface area contributed by atoms with Gasteiger partial charge in [-0.15, -0.1) is 11.3 Å². The largest absolute Gasteiger partial charge is 0.326 e. The number of rotatable bonds is 4. The van der Waals surface area contributed by atoms with Crippen molar-refractivity contribution in [3.05, 3.63) is 56.4 Å². The second-order valence-electron chi connectivity index (χ2n) is 8.55. The Morgan fingerprint density at radius 3 is 2.58 bits per heavy atom. The van der Waals surface area contributed by atoms with Crippen LogP contribution in [0.2, 0.25) is 0 Å². The van der Waals surface area contributed by atoms with Crippen LogP contribution in [0, 0.1) is 6.92 Å². The van der Waals surface area contributed by atoms with Crippen LogP contribution >= 0.6 is 11.3 Å². The van der Waals surface area contributed by atoms with Gasteiger partial charge >= 0.3 is 0 Å². The van der Waals surface area contributed by atoms with Crippen LogP contribution in [0.4, 0.5) is 0 Å². The van der Waals surface area contributed by atoms with Gasteiger partial charge in [0, 0.05) is 4.88 Å². The molecule has 1 fully saturated rings. The maximum absolute atomic E-state index is 12.9. The summed E-state index contributed by atoms with van der Waals surface area (Å²) in [6, 6.07) is 7.01. The molecule has 0 saturated carbocycles. The third-order valence-electron chi connectivity index (χ3n) is 6.38. The quantitative estimate of drug-likeness (QED) is 0.615. The minimum absolute atomic E-state index is 0.0283. The number of aromatic amines is 1. The Morgan fingerprint density at radius 1 is 1.13 bits per heavy atom. The van der Waals surface area contributed by atoms with Gasteiger partial charge < -0.3 is 9.88 Å². The zero-order valence-electron chi connectivity index (χ0n) is 17.6. The number of benzene rings is 1. The number of hydrogen-bond acceptors (Lipinski definition) is 5. The average molecular weight is 460 g/mol. The Hall–Kier alpha value is -2.07. The van der Waals surface area contributed by atoms with Gasteiger partial charge in [0.05, 0.1) is 36.5 Å². The minimum Gasteiger partial charge on any atom is -0.326 e. The molecule has 31 heavy (non-hydrogen) atoms. The molecule has 2 aliphatic rings. The van der Waals surface area contributed by atoms with Crippen molar-refractivity contribution in [1.82, 2.24) is 14.3 Å². The number of nitrogens with zero attached hydrogens (tertiary/aromatic N) is 2. The topological polar surface area (TPSA) is 87.6 Å². The Labute approximate surface area is 185 Å². The monoisotopic (exact) mass is 459 g/mol. The molecule has 5 rings (SSSR count). The van der Waals surface area contributed by atoms with Crippen molar-refractivity contribution >= 4 is 31.6 Å². The summed E-state index contributed by atoms with van der Waals surface area (Å²) < 4.78 is 27.4. The van der Waals surface area contributed by atoms with Gasteiger partial charge in [-0.25, -0.2) is 13.4 Å². The molecule has 0 amide bonds. The number of aromatic nitrogens is 2. The van der Waals surface area contributed by atoms with Crippen molar-refractivity contribution in [1.29, 1.82) is 0 Å². The van der Waals surface area contributed by atoms with E-state index in [2.05, 4.69) is 4.98 Å². The zero-order chi connectivity index (χ0) is 21.6. The number of aryl methyl sites for hydroxylation is 3. The predicted octanol–water partition coefficient (Wildman–Crippen LogP) is 1.26. The Balaban J connectivity index is 1.29. The molecular formula is C22H27N4O3S2+. The van der Waals surface area contributed by atoms with E-state index in [0.29, 0.717) is 43.4 Å². The molecule has 1 saturated heterocycles. The lowest BCUT2D eigenvalue weighted by atomic mass is 9.97. The summed E-state index contributed by atoms with van der Waals surface area (Å²) in [5.74, 6) is 0.695. The first-order valence-corrected chi connectivity index (χ1v) is 13.1. The van der Waals surface area contributed by atoms with Crippen molar-refractivity contribution in [2.45, 2.75) is 44.0 Å². The van der Waals surface area contributed by atoms with Gasteiger partial charge in [0.25, 0.3) is 5.56 Å². The van der Waals surface area contributed by atoms with Crippen LogP contribution in [0.15, 0.2) is 34.0 Å². The highest BCUT2D eigenvalue weighted by atomic mass is 32.2. The van der Waals surface area contributed by atoms with Crippen molar-refractivity contribution in [2.24, 2.45) is 0 Å². The van der Waals surface area contributed by atoms with E-state index in [0.717, 1.165) is 35.0 Å². The van der Waals surface area contributed by atoms with E-state index in [9.17, 15) is 13.2 Å². The highest BCUT2D eigenvalue weighted by Crippen LogP contribution is 2.33. The molecule has 3 aromatic rings. The molecular weight excluding hydrogens is 432 g/mol. The SMILES string of the molecule is Cc1ccc(S(=O)(=O)N2CC[NH+](Cc3nc4sc5c(c4c(=O)[nH]3)CCCC5)CC2)cc1. The lowest BCUT2D eigenvalue weighted by Gasteiger charge is -2.31. The number of quaternary nitrogens is 1. The standard InChI is InChI=1S/C22H26N4O3S2/c1-15-6-8-16(9-7-15)31(28,29)26-12-10-25(11-13-26)14-19-23-21(27)20-17-4-2-3-5-18(17)30-22(20)24-19/h6-9H,2-5,10-14H2,1H3,(H,23,24,27)/p+1. The highest BCUT2D eigenvalue weighted by molar-refractivity contribution is 7.89. The molecule has 1 aliphatic heterocycles. The lowest BCUT2D eigenvalue weighted by Crippen LogP contribution is -3.13. The van der Waals surface area contributed by atoms with E-state index in [1.54, 1.807) is 27.8 Å². The van der Waals surface area contributed by atoms with Crippen molar-refractivity contribution in [2.75, 3.05) is 26.2 Å². The maximum Gasteiger partial charge on any atom is 0.260 e. The average Bonchev–Trinajstić information content (AvgIpc) is 3.13. The van der Waals surface area contributed by atoms with Gasteiger partial charge in [0.2, 0.25) is 10.0 Å². The lowest BCUT2D eigenvalue weighted by molar-refractivity contribution is -0.917. The number of H-pyrrole nitrogens is 1. The smallest absolute Gasteiger partial charge is 0.260 e. The van der Waals surface area contributed by atoms with E-state index in [-0.39, 0.29) is 5.56 Å². The number of fused-ring (bicyclic) bond motifs is 3. The Morgan fingerprint density at radius 2 is 1.84 bits per heavy atom. The molecule has 2 N–H and O–H groups in total. The maximum atomic E-state index is 12.9. The second kappa shape index (κ2) is 8.12. The third kappa shape index (κ3) is 3.95. The first-order chi connectivity index (χ1) is 14.9. The number of piperazine rings is 1. The molecule has 7 nitrogen and oxygen atoms in total. The molecule has 1 aromatic carbocycles. The summed E-state index contributed by atoms with van der Waals surface area (Å²) in [6.45, 7) is 4.85. The van der Waals surface area contributed by atoms with Crippen LogP contribution in [0.3, 0.4) is 0 Å². The van der Waals surface area contributed by atoms with Gasteiger partial charge in [-0.2, -0.15) is 4.31 Å². The fourth-order valence-corrected chi connectivity index (χ4v) is 7.33. The predicted molar refractivity (Wildman–Crippen MR) is 121 cm³/mol. The molecule has 3 heterocycles. The second-order valence-corrected chi connectivity index (χ2v) is 11.6. The summed E-state index contributed by atoms with van der Waals surface area (Å²) >= 11 is 1.66. The van der Waals surface area contributed by atoms with Crippen LogP contribution in [-0.2, 0) is 29.4 Å². The van der Waals surface area contributed by atoms with Gasteiger partial charge in [-0.05, 0) is 50.3 Å². The van der Waals surface area contributed by atoms with Crippen molar-refractivity contribution in [3.63, 3.8) is 0 Å². The van der Waals surface area contributed by atoms with Crippen LogP contribution in [0.5, 0.6) is 0 Å². The molecule has 0 spiro atoms. The van der Waals surface area contributed by atoms with Crippen LogP contribution in [0.25, 0.3) is 10.2 Å². The normalized spacial score (nSPS) is 18.4. The van der Waals surface area contributed by atoms with Crippen LogP contribution in [-0.4, -0.2) is 48.9 Å². The molecule has 0 radical (unpaired) electrons. The molecule has 0 atom stereocenters. The molecule has 164 valence electrons. The van der Waals surface area contributed by atoms with Gasteiger partial charge in [0.15, 0.2) is 5.82 Å². The van der Waals surface area contributed by atoms with E-state index in [4.69, 9.17) is 4.98 Å². The summed E-state index contributed by atoms with van der Waals surface area (Å²) in [6.07, 6.45) is 4.35. The molecule has 0 unspecified atom stereocenters. The third-order valence-corrected chi connectivity index (χ3v) is 9.48. The zero-order valence-corrected chi connectivity index (χ0v) is 19.2. The van der Waals surface area contributed by atoms with Crippen molar-refractivity contribution in [3.8, 4) is 0 Å². The molecule has 1 aliphatic carbocycles. The summed E-state index contributed by atoms with van der Waals surface area (Å²) in [4.78, 5) is 24.3. The van der Waals surface area contributed by atoms with Crippen LogP contribution in [0.1, 0.15) is 34.7 Å². The van der Waals surface area contributed by atoms with E-state index in [1.165, 1.54) is 21.8 Å². The van der Waals surface area contributed by atoms with Gasteiger partial charge in [-0.3, -0.25) is 4.79 Å². The van der Waals surface area contributed by atoms with Gasteiger partial charge in [-0.1, -0.05) is 17.7 Å². The number of sulfonamides is 1. The Bertz CT molecular complexity index is 1270. The number of hydrogen-bond donors (Lipinski definition) is 2. The van der Waals surface area contributed by atoms with Crippen molar-refractivity contribution < 1.29 is 13.3 Å². The number of nitrogens with one attached hydrogen (secondary N) is 2. The fraction of sp³-hybridized carbons (Fsp3) is 0.455. The van der Waals surface area contributed by atoms with Crippen LogP contribution < -0.4 is 10.5 Å². The Kier molecular flexibility index (Phi) is 5.45. The fourth-order valence-electron chi connectivity index (χ4n) is 4.61. The molecule has 2 aromatic heterocycles. The number of thiophene rings is 1. The molecule has 9 heteroatoms. The summed E-state index contributed by atoms with van der Waals surface area (Å²) in [7, 11) is -3.46. The summed E-state index contributed by atoms with van der Waals surface area (Å²) in [5.41, 5.74) is 2.21. The van der Waals surface area contributed by atoms with E-state index < -0.39 is 10.0 Å². The minimum atomic E-state index is -3.46.